The van der Waals surface area contributed by atoms with E-state index in [1.165, 1.54) is 0 Å². The molecule has 0 aliphatic carbocycles. The average Bonchev–Trinajstić information content (AvgIpc) is 2.57. The highest BCUT2D eigenvalue weighted by Gasteiger charge is 2.09. The predicted molar refractivity (Wildman–Crippen MR) is 97.4 cm³/mol. The van der Waals surface area contributed by atoms with E-state index in [1.807, 2.05) is 26.0 Å². The molecule has 126 valence electrons. The molecular weight excluding hydrogens is 324 g/mol. The van der Waals surface area contributed by atoms with E-state index in [0.717, 1.165) is 12.0 Å². The van der Waals surface area contributed by atoms with E-state index in [9.17, 15) is 9.59 Å². The van der Waals surface area contributed by atoms with Gasteiger partial charge in [-0.25, -0.2) is 0 Å². The summed E-state index contributed by atoms with van der Waals surface area (Å²) in [6.07, 6.45) is 1.15. The van der Waals surface area contributed by atoms with Crippen molar-refractivity contribution in [1.82, 2.24) is 5.32 Å². The van der Waals surface area contributed by atoms with Gasteiger partial charge in [-0.2, -0.15) is 0 Å². The molecule has 0 saturated heterocycles. The zero-order valence-corrected chi connectivity index (χ0v) is 14.6. The van der Waals surface area contributed by atoms with Crippen LogP contribution in [0.5, 0.6) is 0 Å². The molecule has 0 spiro atoms. The molecule has 0 saturated carbocycles. The summed E-state index contributed by atoms with van der Waals surface area (Å²) in [6.45, 7) is 3.98. The van der Waals surface area contributed by atoms with Crippen LogP contribution in [-0.2, 0) is 11.2 Å². The standard InChI is InChI=1S/C19H21ClN2O2/c1-3-13(2)21-19(24)15-6-10-17(11-7-15)22-18(23)12-14-4-8-16(20)9-5-14/h4-11,13H,3,12H2,1-2H3,(H,21,24)(H,22,23)/t13-/m1/s1. The van der Waals surface area contributed by atoms with Gasteiger partial charge in [0.2, 0.25) is 5.91 Å². The molecular formula is C19H21ClN2O2. The second kappa shape index (κ2) is 8.50. The summed E-state index contributed by atoms with van der Waals surface area (Å²) < 4.78 is 0. The minimum Gasteiger partial charge on any atom is -0.350 e. The van der Waals surface area contributed by atoms with E-state index in [1.54, 1.807) is 36.4 Å². The van der Waals surface area contributed by atoms with Crippen molar-refractivity contribution in [2.75, 3.05) is 5.32 Å². The van der Waals surface area contributed by atoms with E-state index in [-0.39, 0.29) is 24.3 Å². The fraction of sp³-hybridized carbons (Fsp3) is 0.263. The first-order valence-electron chi connectivity index (χ1n) is 7.93. The number of carbonyl (C=O) groups is 2. The van der Waals surface area contributed by atoms with Gasteiger partial charge in [-0.05, 0) is 55.3 Å². The van der Waals surface area contributed by atoms with Gasteiger partial charge in [0.1, 0.15) is 0 Å². The molecule has 0 aromatic heterocycles. The number of hydrogen-bond acceptors (Lipinski definition) is 2. The van der Waals surface area contributed by atoms with Gasteiger partial charge in [0.15, 0.2) is 0 Å². The van der Waals surface area contributed by atoms with E-state index >= 15 is 0 Å². The van der Waals surface area contributed by atoms with Crippen LogP contribution in [0.4, 0.5) is 5.69 Å². The molecule has 2 aromatic rings. The SMILES string of the molecule is CC[C@@H](C)NC(=O)c1ccc(NC(=O)Cc2ccc(Cl)cc2)cc1. The minimum absolute atomic E-state index is 0.108. The smallest absolute Gasteiger partial charge is 0.251 e. The van der Waals surface area contributed by atoms with Crippen molar-refractivity contribution in [3.8, 4) is 0 Å². The Morgan fingerprint density at radius 1 is 1.04 bits per heavy atom. The van der Waals surface area contributed by atoms with Crippen LogP contribution in [0.15, 0.2) is 48.5 Å². The molecule has 24 heavy (non-hydrogen) atoms. The summed E-state index contributed by atoms with van der Waals surface area (Å²) >= 11 is 5.83. The fourth-order valence-electron chi connectivity index (χ4n) is 2.11. The summed E-state index contributed by atoms with van der Waals surface area (Å²) in [6, 6.07) is 14.2. The first kappa shape index (κ1) is 18.0. The van der Waals surface area contributed by atoms with Crippen LogP contribution in [0, 0.1) is 0 Å². The molecule has 1 atom stereocenters. The number of hydrogen-bond donors (Lipinski definition) is 2. The molecule has 2 rings (SSSR count). The number of amides is 2. The van der Waals surface area contributed by atoms with Crippen molar-refractivity contribution in [1.29, 1.82) is 0 Å². The van der Waals surface area contributed by atoms with Gasteiger partial charge in [0.25, 0.3) is 5.91 Å². The molecule has 0 radical (unpaired) electrons. The lowest BCUT2D eigenvalue weighted by Gasteiger charge is -2.12. The Bertz CT molecular complexity index is 696. The topological polar surface area (TPSA) is 58.2 Å². The number of benzene rings is 2. The number of carbonyl (C=O) groups excluding carboxylic acids is 2. The first-order valence-corrected chi connectivity index (χ1v) is 8.31. The van der Waals surface area contributed by atoms with Gasteiger partial charge in [-0.1, -0.05) is 30.7 Å². The van der Waals surface area contributed by atoms with Gasteiger partial charge in [0.05, 0.1) is 6.42 Å². The normalized spacial score (nSPS) is 11.6. The molecule has 2 amide bonds. The number of anilines is 1. The van der Waals surface area contributed by atoms with Gasteiger partial charge in [-0.3, -0.25) is 9.59 Å². The number of rotatable bonds is 6. The van der Waals surface area contributed by atoms with Crippen LogP contribution in [0.25, 0.3) is 0 Å². The zero-order chi connectivity index (χ0) is 17.5. The lowest BCUT2D eigenvalue weighted by Crippen LogP contribution is -2.31. The molecule has 0 heterocycles. The van der Waals surface area contributed by atoms with Gasteiger partial charge in [-0.15, -0.1) is 0 Å². The summed E-state index contributed by atoms with van der Waals surface area (Å²) in [5, 5.41) is 6.37. The second-order valence-electron chi connectivity index (χ2n) is 5.71. The van der Waals surface area contributed by atoms with E-state index < -0.39 is 0 Å². The lowest BCUT2D eigenvalue weighted by atomic mass is 10.1. The third kappa shape index (κ3) is 5.39. The Kier molecular flexibility index (Phi) is 6.38. The second-order valence-corrected chi connectivity index (χ2v) is 6.15. The molecule has 0 unspecified atom stereocenters. The van der Waals surface area contributed by atoms with Gasteiger partial charge < -0.3 is 10.6 Å². The van der Waals surface area contributed by atoms with Crippen molar-refractivity contribution in [2.24, 2.45) is 0 Å². The summed E-state index contributed by atoms with van der Waals surface area (Å²) in [4.78, 5) is 24.1. The first-order chi connectivity index (χ1) is 11.5. The Morgan fingerprint density at radius 3 is 2.25 bits per heavy atom. The van der Waals surface area contributed by atoms with E-state index in [2.05, 4.69) is 10.6 Å². The van der Waals surface area contributed by atoms with Crippen molar-refractivity contribution in [3.05, 3.63) is 64.7 Å². The summed E-state index contributed by atoms with van der Waals surface area (Å²) in [5.74, 6) is -0.225. The summed E-state index contributed by atoms with van der Waals surface area (Å²) in [7, 11) is 0. The van der Waals surface area contributed by atoms with Crippen molar-refractivity contribution in [3.63, 3.8) is 0 Å². The molecule has 0 aliphatic heterocycles. The van der Waals surface area contributed by atoms with Crippen molar-refractivity contribution < 1.29 is 9.59 Å². The molecule has 5 heteroatoms. The third-order valence-corrected chi connectivity index (χ3v) is 3.95. The van der Waals surface area contributed by atoms with Crippen LogP contribution in [-0.4, -0.2) is 17.9 Å². The monoisotopic (exact) mass is 344 g/mol. The maximum Gasteiger partial charge on any atom is 0.251 e. The molecule has 2 aromatic carbocycles. The van der Waals surface area contributed by atoms with Crippen LogP contribution in [0.3, 0.4) is 0 Å². The highest BCUT2D eigenvalue weighted by atomic mass is 35.5. The highest BCUT2D eigenvalue weighted by Crippen LogP contribution is 2.13. The Morgan fingerprint density at radius 2 is 1.67 bits per heavy atom. The average molecular weight is 345 g/mol. The van der Waals surface area contributed by atoms with Gasteiger partial charge >= 0.3 is 0 Å². The molecule has 0 bridgehead atoms. The van der Waals surface area contributed by atoms with Crippen molar-refractivity contribution in [2.45, 2.75) is 32.7 Å². The van der Waals surface area contributed by atoms with E-state index in [4.69, 9.17) is 11.6 Å². The third-order valence-electron chi connectivity index (χ3n) is 3.70. The fourth-order valence-corrected chi connectivity index (χ4v) is 2.23. The minimum atomic E-state index is -0.117. The van der Waals surface area contributed by atoms with E-state index in [0.29, 0.717) is 16.3 Å². The largest absolute Gasteiger partial charge is 0.350 e. The van der Waals surface area contributed by atoms with Gasteiger partial charge in [0, 0.05) is 22.3 Å². The lowest BCUT2D eigenvalue weighted by molar-refractivity contribution is -0.115. The Labute approximate surface area is 147 Å². The number of nitrogens with one attached hydrogen (secondary N) is 2. The van der Waals surface area contributed by atoms with Crippen molar-refractivity contribution >= 4 is 29.1 Å². The molecule has 0 aliphatic rings. The Balaban J connectivity index is 1.92. The number of halogens is 1. The van der Waals surface area contributed by atoms with Crippen LogP contribution < -0.4 is 10.6 Å². The maximum atomic E-state index is 12.0. The predicted octanol–water partition coefficient (Wildman–Crippen LogP) is 4.05. The quantitative estimate of drug-likeness (QED) is 0.830. The maximum absolute atomic E-state index is 12.0. The molecule has 0 fully saturated rings. The molecule has 4 nitrogen and oxygen atoms in total. The van der Waals surface area contributed by atoms with Crippen LogP contribution in [0.1, 0.15) is 36.2 Å². The summed E-state index contributed by atoms with van der Waals surface area (Å²) in [5.41, 5.74) is 2.13. The molecule has 2 N–H and O–H groups in total. The Hall–Kier alpha value is -2.33. The van der Waals surface area contributed by atoms with Crippen LogP contribution in [0.2, 0.25) is 5.02 Å². The zero-order valence-electron chi connectivity index (χ0n) is 13.8. The van der Waals surface area contributed by atoms with Crippen LogP contribution >= 0.6 is 11.6 Å². The highest BCUT2D eigenvalue weighted by molar-refractivity contribution is 6.30.